The first kappa shape index (κ1) is 27.5. The molecule has 0 fully saturated rings. The van der Waals surface area contributed by atoms with Crippen LogP contribution in [0.25, 0.3) is 49.9 Å². The second-order valence-corrected chi connectivity index (χ2v) is 17.5. The van der Waals surface area contributed by atoms with Crippen LogP contribution in [-0.4, -0.2) is 15.6 Å². The highest BCUT2D eigenvalue weighted by molar-refractivity contribution is 6.09. The Labute approximate surface area is 381 Å². The monoisotopic (exact) mass is 818 g/mol. The van der Waals surface area contributed by atoms with Crippen LogP contribution in [-0.2, 0) is 10.8 Å². The summed E-state index contributed by atoms with van der Waals surface area (Å²) in [7, 11) is 0. The van der Waals surface area contributed by atoms with Crippen molar-refractivity contribution in [1.82, 2.24) is 18.7 Å². The number of hydrogen-bond acceptors (Lipinski definition) is 2. The third-order valence-electron chi connectivity index (χ3n) is 11.3. The van der Waals surface area contributed by atoms with E-state index in [0.29, 0.717) is 22.9 Å². The molecule has 5 heteroatoms. The number of aryl methyl sites for hydroxylation is 1. The summed E-state index contributed by atoms with van der Waals surface area (Å²) in [4.78, 5) is 4.85. The maximum absolute atomic E-state index is 9.12. The van der Waals surface area contributed by atoms with E-state index in [4.69, 9.17) is 26.2 Å². The van der Waals surface area contributed by atoms with Gasteiger partial charge in [0.05, 0.1) is 40.6 Å². The summed E-state index contributed by atoms with van der Waals surface area (Å²) in [5.41, 5.74) is 4.00. The number of ether oxygens (including phenoxy) is 1. The van der Waals surface area contributed by atoms with E-state index >= 15 is 0 Å². The number of para-hydroxylation sites is 3. The lowest BCUT2D eigenvalue weighted by molar-refractivity contribution is 0.479. The maximum atomic E-state index is 9.12. The minimum absolute atomic E-state index is 0.0280. The number of nitrogens with zero attached hydrogens (tertiary/aromatic N) is 4. The summed E-state index contributed by atoms with van der Waals surface area (Å²) < 4.78 is 118. The number of benzene rings is 7. The van der Waals surface area contributed by atoms with Gasteiger partial charge in [0, 0.05) is 44.8 Å². The molecule has 0 saturated heterocycles. The molecule has 0 saturated carbocycles. The number of hydrogen-bond donors (Lipinski definition) is 0. The highest BCUT2D eigenvalue weighted by Gasteiger charge is 2.41. The van der Waals surface area contributed by atoms with Gasteiger partial charge in [0.1, 0.15) is 17.3 Å². The summed E-state index contributed by atoms with van der Waals surface area (Å²) in [5, 5.41) is 2.06. The van der Waals surface area contributed by atoms with E-state index in [0.717, 1.165) is 44.8 Å². The van der Waals surface area contributed by atoms with Crippen LogP contribution in [0.3, 0.4) is 0 Å². The van der Waals surface area contributed by atoms with Gasteiger partial charge in [-0.15, -0.1) is 0 Å². The lowest BCUT2D eigenvalue weighted by atomic mass is 9.86. The van der Waals surface area contributed by atoms with E-state index in [1.807, 2.05) is 60.8 Å². The smallest absolute Gasteiger partial charge is 0.457 e. The van der Waals surface area contributed by atoms with Crippen LogP contribution in [0.2, 0.25) is 0 Å². The molecular formula is C57H50N4O+2. The molecule has 5 nitrogen and oxygen atoms in total. The Bertz CT molecular complexity index is 3900. The molecule has 0 atom stereocenters. The molecule has 0 aliphatic carbocycles. The highest BCUT2D eigenvalue weighted by Crippen LogP contribution is 2.46. The Morgan fingerprint density at radius 1 is 0.597 bits per heavy atom. The van der Waals surface area contributed by atoms with Crippen LogP contribution < -0.4 is 13.9 Å². The summed E-state index contributed by atoms with van der Waals surface area (Å²) in [6, 6.07) is 33.5. The fourth-order valence-corrected chi connectivity index (χ4v) is 8.11. The topological polar surface area (TPSA) is 33.1 Å². The second kappa shape index (κ2) is 15.0. The molecule has 0 N–H and O–H groups in total. The molecule has 0 radical (unpaired) electrons. The van der Waals surface area contributed by atoms with Crippen LogP contribution in [0.5, 0.6) is 11.5 Å². The molecule has 7 aromatic carbocycles. The Balaban J connectivity index is 1.25. The van der Waals surface area contributed by atoms with Gasteiger partial charge in [-0.25, -0.2) is 4.98 Å². The average Bonchev–Trinajstić information content (AvgIpc) is 3.90. The largest absolute Gasteiger partial charge is 0.503 e. The predicted octanol–water partition coefficient (Wildman–Crippen LogP) is 15.1. The number of fused-ring (bicyclic) bond motifs is 4. The van der Waals surface area contributed by atoms with Gasteiger partial charge in [0.2, 0.25) is 11.4 Å². The van der Waals surface area contributed by atoms with Crippen LogP contribution in [0.1, 0.15) is 74.7 Å². The summed E-state index contributed by atoms with van der Waals surface area (Å²) in [6.45, 7) is 9.95. The van der Waals surface area contributed by atoms with Gasteiger partial charge < -0.3 is 4.74 Å². The quantitative estimate of drug-likeness (QED) is 0.150. The molecule has 0 amide bonds. The maximum Gasteiger partial charge on any atom is 0.503 e. The third-order valence-corrected chi connectivity index (χ3v) is 11.3. The molecule has 302 valence electrons. The van der Waals surface area contributed by atoms with Crippen LogP contribution >= 0.6 is 0 Å². The van der Waals surface area contributed by atoms with Gasteiger partial charge in [0.25, 0.3) is 5.69 Å². The first-order valence-corrected chi connectivity index (χ1v) is 20.5. The Morgan fingerprint density at radius 2 is 1.32 bits per heavy atom. The van der Waals surface area contributed by atoms with Gasteiger partial charge in [-0.2, -0.15) is 0 Å². The molecule has 0 bridgehead atoms. The fraction of sp³-hybridized carbons (Fsp3) is 0.158. The third kappa shape index (κ3) is 6.91. The van der Waals surface area contributed by atoms with Crippen LogP contribution in [0.4, 0.5) is 22.7 Å². The first-order valence-electron chi connectivity index (χ1n) is 26.5. The molecule has 1 aliphatic heterocycles. The van der Waals surface area contributed by atoms with Crippen molar-refractivity contribution in [3.63, 3.8) is 0 Å². The zero-order chi connectivity index (χ0) is 53.1. The second-order valence-electron chi connectivity index (χ2n) is 17.5. The molecule has 0 spiro atoms. The van der Waals surface area contributed by atoms with Crippen molar-refractivity contribution in [3.8, 4) is 39.6 Å². The first-order chi connectivity index (χ1) is 34.8. The lowest BCUT2D eigenvalue weighted by Crippen LogP contribution is -2.12. The molecule has 1 aliphatic rings. The molecular weight excluding hydrogens is 757 g/mol. The average molecular weight is 819 g/mol. The number of rotatable bonds is 7. The van der Waals surface area contributed by atoms with Crippen molar-refractivity contribution in [3.05, 3.63) is 193 Å². The van der Waals surface area contributed by atoms with Gasteiger partial charge in [-0.1, -0.05) is 138 Å². The van der Waals surface area contributed by atoms with E-state index in [2.05, 4.69) is 70.3 Å². The van der Waals surface area contributed by atoms with Gasteiger partial charge in [-0.3, -0.25) is 4.57 Å². The van der Waals surface area contributed by atoms with E-state index in [-0.39, 0.29) is 56.7 Å². The fourth-order valence-electron chi connectivity index (χ4n) is 8.11. The van der Waals surface area contributed by atoms with E-state index in [1.54, 1.807) is 28.8 Å². The molecule has 0 unspecified atom stereocenters. The van der Waals surface area contributed by atoms with Gasteiger partial charge >= 0.3 is 11.7 Å². The zero-order valence-corrected chi connectivity index (χ0v) is 35.2. The standard InChI is InChI=1S/C57H50N4O/c1-38-18-16-27-51-54(38)60(55-46(39-19-10-8-11-20-39)24-17-25-47(55)40-21-12-9-13-22-40)37-59(51)43-32-42(57(5,6)7)33-45(35-43)62-44-28-29-49-48-23-14-15-26-50(48)61(52(49)36-44)53-34-41(30-31-58-53)56(2,3)4/h8-36H,1-7H3/q+2/i1D3,8D,9D,10D,11D,12D,19D,20D,21D,22D. The summed E-state index contributed by atoms with van der Waals surface area (Å²) in [6.07, 6.45) is 1.83. The van der Waals surface area contributed by atoms with Crippen LogP contribution in [0, 0.1) is 6.85 Å². The van der Waals surface area contributed by atoms with Crippen molar-refractivity contribution in [2.75, 3.05) is 0 Å². The Kier molecular flexibility index (Phi) is 6.65. The molecule has 2 aromatic heterocycles. The number of aromatic nitrogens is 2. The summed E-state index contributed by atoms with van der Waals surface area (Å²) >= 11 is 0. The van der Waals surface area contributed by atoms with E-state index in [1.165, 1.54) is 16.7 Å². The molecule has 62 heavy (non-hydrogen) atoms. The predicted molar refractivity (Wildman–Crippen MR) is 259 cm³/mol. The van der Waals surface area contributed by atoms with Crippen molar-refractivity contribution in [2.24, 2.45) is 0 Å². The minimum Gasteiger partial charge on any atom is -0.457 e. The molecule has 10 rings (SSSR count). The molecule has 9 aromatic rings. The molecule has 3 heterocycles. The van der Waals surface area contributed by atoms with Crippen LogP contribution in [0.15, 0.2) is 176 Å². The minimum atomic E-state index is -2.73. The van der Waals surface area contributed by atoms with Crippen molar-refractivity contribution in [1.29, 1.82) is 0 Å². The Hall–Kier alpha value is -7.33. The Morgan fingerprint density at radius 3 is 2.10 bits per heavy atom. The SMILES string of the molecule is [2H]c1cc([2H])c(-c2cccc(-c3c([2H])c([2H])c([2H])c([2H])c3[2H])c2[N+]2=C=[N+](c3cc(Oc4ccc5c6ccccc6n(-c6cc(C(C)(C)C)ccn6)c5c4)cc(C(C)(C)C)c3)c3cccc(C([2H])([2H])[2H])c32)c([2H])c1[2H]. The van der Waals surface area contributed by atoms with Crippen molar-refractivity contribution in [2.45, 2.75) is 59.2 Å². The highest BCUT2D eigenvalue weighted by atomic mass is 16.5. The number of pyridine rings is 1. The van der Waals surface area contributed by atoms with E-state index in [9.17, 15) is 0 Å². The van der Waals surface area contributed by atoms with Crippen molar-refractivity contribution >= 4 is 50.6 Å². The summed E-state index contributed by atoms with van der Waals surface area (Å²) in [5.74, 6) is 1.75. The lowest BCUT2D eigenvalue weighted by Gasteiger charge is -2.20. The zero-order valence-electron chi connectivity index (χ0n) is 47.2. The van der Waals surface area contributed by atoms with Gasteiger partial charge in [0.15, 0.2) is 0 Å². The normalized spacial score (nSPS) is 15.6. The van der Waals surface area contributed by atoms with E-state index < -0.39 is 54.6 Å². The van der Waals surface area contributed by atoms with Gasteiger partial charge in [-0.05, 0) is 97.6 Å². The van der Waals surface area contributed by atoms with Crippen molar-refractivity contribution < 1.29 is 21.2 Å².